The van der Waals surface area contributed by atoms with Crippen molar-refractivity contribution < 1.29 is 48.2 Å². The van der Waals surface area contributed by atoms with Crippen molar-refractivity contribution in [3.8, 4) is 0 Å². The van der Waals surface area contributed by atoms with E-state index in [0.29, 0.717) is 12.1 Å². The third-order valence-corrected chi connectivity index (χ3v) is 1.43. The molecule has 6 heteroatoms. The van der Waals surface area contributed by atoms with Crippen LogP contribution in [0.25, 0.3) is 0 Å². The summed E-state index contributed by atoms with van der Waals surface area (Å²) in [5, 5.41) is 9.92. The maximum Gasteiger partial charge on any atom is 1.00 e. The molecule has 0 aliphatic carbocycles. The molecule has 0 radical (unpaired) electrons. The largest absolute Gasteiger partial charge is 1.00 e. The van der Waals surface area contributed by atoms with Crippen LogP contribution < -0.4 is 34.7 Å². The molecule has 2 nitrogen and oxygen atoms in total. The molecular formula is C7H2ClF2NaO2. The quantitative estimate of drug-likeness (QED) is 0.507. The van der Waals surface area contributed by atoms with E-state index < -0.39 is 23.2 Å². The van der Waals surface area contributed by atoms with Crippen LogP contribution in [0.1, 0.15) is 10.4 Å². The zero-order chi connectivity index (χ0) is 9.30. The summed E-state index contributed by atoms with van der Waals surface area (Å²) in [7, 11) is 0. The number of hydrogen-bond donors (Lipinski definition) is 0. The summed E-state index contributed by atoms with van der Waals surface area (Å²) in [6.45, 7) is 0. The summed E-state index contributed by atoms with van der Waals surface area (Å²) in [6.07, 6.45) is 0. The predicted molar refractivity (Wildman–Crippen MR) is 35.7 cm³/mol. The van der Waals surface area contributed by atoms with E-state index in [0.717, 1.165) is 0 Å². The van der Waals surface area contributed by atoms with Gasteiger partial charge >= 0.3 is 29.6 Å². The van der Waals surface area contributed by atoms with E-state index in [1.807, 2.05) is 0 Å². The molecule has 0 amide bonds. The normalized spacial score (nSPS) is 9.15. The number of carbonyl (C=O) groups is 1. The summed E-state index contributed by atoms with van der Waals surface area (Å²) in [6, 6.07) is 1.41. The molecule has 0 aliphatic heterocycles. The van der Waals surface area contributed by atoms with E-state index in [9.17, 15) is 18.7 Å². The first-order chi connectivity index (χ1) is 5.52. The Balaban J connectivity index is 0.00000144. The topological polar surface area (TPSA) is 40.1 Å². The number of hydrogen-bond acceptors (Lipinski definition) is 2. The third-order valence-electron chi connectivity index (χ3n) is 1.21. The summed E-state index contributed by atoms with van der Waals surface area (Å²) in [5.74, 6) is -4.37. The van der Waals surface area contributed by atoms with Gasteiger partial charge in [-0.1, -0.05) is 11.6 Å². The van der Waals surface area contributed by atoms with Gasteiger partial charge in [0.05, 0.1) is 11.5 Å². The van der Waals surface area contributed by atoms with Gasteiger partial charge in [-0.3, -0.25) is 0 Å². The summed E-state index contributed by atoms with van der Waals surface area (Å²) in [4.78, 5) is 10.1. The number of carbonyl (C=O) groups excluding carboxylic acids is 1. The number of aromatic carboxylic acids is 1. The molecule has 0 saturated heterocycles. The fourth-order valence-corrected chi connectivity index (χ4v) is 0.929. The van der Waals surface area contributed by atoms with Gasteiger partial charge in [-0.05, 0) is 12.1 Å². The molecule has 0 N–H and O–H groups in total. The molecular weight excluding hydrogens is 213 g/mol. The van der Waals surface area contributed by atoms with Crippen LogP contribution in [-0.2, 0) is 0 Å². The Morgan fingerprint density at radius 1 is 1.31 bits per heavy atom. The average Bonchev–Trinajstić information content (AvgIpc) is 1.82. The zero-order valence-electron chi connectivity index (χ0n) is 6.61. The fraction of sp³-hybridized carbons (Fsp3) is 0. The van der Waals surface area contributed by atoms with Crippen LogP contribution in [0, 0.1) is 11.6 Å². The number of rotatable bonds is 1. The molecule has 0 atom stereocenters. The van der Waals surface area contributed by atoms with Crippen LogP contribution in [0.15, 0.2) is 12.1 Å². The van der Waals surface area contributed by atoms with Crippen molar-refractivity contribution in [2.45, 2.75) is 0 Å². The van der Waals surface area contributed by atoms with Crippen LogP contribution in [0.4, 0.5) is 8.78 Å². The number of carboxylic acids is 1. The first kappa shape index (κ1) is 12.8. The molecule has 0 unspecified atom stereocenters. The number of halogens is 3. The molecule has 0 saturated carbocycles. The fourth-order valence-electron chi connectivity index (χ4n) is 0.737. The Hall–Kier alpha value is -0.160. The minimum atomic E-state index is -1.90. The number of carboxylic acid groups (broad SMARTS) is 1. The number of benzene rings is 1. The molecule has 0 fully saturated rings. The average molecular weight is 215 g/mol. The van der Waals surface area contributed by atoms with Crippen molar-refractivity contribution in [1.29, 1.82) is 0 Å². The molecule has 0 heterocycles. The Morgan fingerprint density at radius 3 is 2.00 bits per heavy atom. The SMILES string of the molecule is O=C([O-])c1c(F)cc(Cl)cc1F.[Na+]. The zero-order valence-corrected chi connectivity index (χ0v) is 9.36. The van der Waals surface area contributed by atoms with E-state index in [2.05, 4.69) is 0 Å². The predicted octanol–water partition coefficient (Wildman–Crippen LogP) is -2.01. The van der Waals surface area contributed by atoms with Gasteiger partial charge in [0, 0.05) is 5.02 Å². The first-order valence-electron chi connectivity index (χ1n) is 2.88. The molecule has 0 spiro atoms. The van der Waals surface area contributed by atoms with Crippen LogP contribution in [-0.4, -0.2) is 5.97 Å². The van der Waals surface area contributed by atoms with E-state index >= 15 is 0 Å². The first-order valence-corrected chi connectivity index (χ1v) is 3.26. The second-order valence-corrected chi connectivity index (χ2v) is 2.47. The Bertz CT molecular complexity index is 320. The van der Waals surface area contributed by atoms with Crippen LogP contribution in [0.5, 0.6) is 0 Å². The standard InChI is InChI=1S/C7H3ClF2O2.Na/c8-3-1-4(9)6(7(11)12)5(10)2-3;/h1-2H,(H,11,12);/q;+1/p-1. The van der Waals surface area contributed by atoms with Gasteiger partial charge < -0.3 is 9.90 Å². The van der Waals surface area contributed by atoms with Crippen LogP contribution >= 0.6 is 11.6 Å². The van der Waals surface area contributed by atoms with E-state index in [1.54, 1.807) is 0 Å². The molecule has 0 aromatic heterocycles. The van der Waals surface area contributed by atoms with Gasteiger partial charge in [0.15, 0.2) is 0 Å². The van der Waals surface area contributed by atoms with Crippen LogP contribution in [0.2, 0.25) is 5.02 Å². The van der Waals surface area contributed by atoms with Crippen molar-refractivity contribution in [3.05, 3.63) is 34.4 Å². The Kier molecular flexibility index (Phi) is 4.85. The summed E-state index contributed by atoms with van der Waals surface area (Å²) >= 11 is 5.23. The molecule has 1 aromatic carbocycles. The van der Waals surface area contributed by atoms with Gasteiger partial charge in [-0.15, -0.1) is 0 Å². The maximum absolute atomic E-state index is 12.6. The van der Waals surface area contributed by atoms with Crippen molar-refractivity contribution in [2.75, 3.05) is 0 Å². The molecule has 0 bridgehead atoms. The van der Waals surface area contributed by atoms with Crippen molar-refractivity contribution in [3.63, 3.8) is 0 Å². The van der Waals surface area contributed by atoms with Gasteiger partial charge in [-0.2, -0.15) is 0 Å². The molecule has 64 valence electrons. The summed E-state index contributed by atoms with van der Waals surface area (Å²) in [5.41, 5.74) is -1.10. The second-order valence-electron chi connectivity index (χ2n) is 2.03. The van der Waals surface area contributed by atoms with Gasteiger partial charge in [-0.25, -0.2) is 8.78 Å². The second kappa shape index (κ2) is 4.91. The monoisotopic (exact) mass is 214 g/mol. The Labute approximate surface area is 99.8 Å². The third kappa shape index (κ3) is 2.91. The molecule has 1 rings (SSSR count). The molecule has 0 aliphatic rings. The maximum atomic E-state index is 12.6. The minimum Gasteiger partial charge on any atom is -0.545 e. The Morgan fingerprint density at radius 2 is 1.69 bits per heavy atom. The van der Waals surface area contributed by atoms with Gasteiger partial charge in [0.25, 0.3) is 0 Å². The van der Waals surface area contributed by atoms with E-state index in [-0.39, 0.29) is 34.6 Å². The van der Waals surface area contributed by atoms with Crippen molar-refractivity contribution in [1.82, 2.24) is 0 Å². The van der Waals surface area contributed by atoms with Crippen molar-refractivity contribution in [2.24, 2.45) is 0 Å². The molecule has 1 aromatic rings. The van der Waals surface area contributed by atoms with E-state index in [1.165, 1.54) is 0 Å². The van der Waals surface area contributed by atoms with Crippen LogP contribution in [0.3, 0.4) is 0 Å². The van der Waals surface area contributed by atoms with Gasteiger partial charge in [0.2, 0.25) is 0 Å². The summed E-state index contributed by atoms with van der Waals surface area (Å²) < 4.78 is 25.2. The minimum absolute atomic E-state index is 0. The smallest absolute Gasteiger partial charge is 0.545 e. The van der Waals surface area contributed by atoms with Crippen molar-refractivity contribution >= 4 is 17.6 Å². The molecule has 13 heavy (non-hydrogen) atoms. The van der Waals surface area contributed by atoms with E-state index in [4.69, 9.17) is 11.6 Å². The van der Waals surface area contributed by atoms with Gasteiger partial charge in [0.1, 0.15) is 11.6 Å².